The van der Waals surface area contributed by atoms with Gasteiger partial charge >= 0.3 is 0 Å². The van der Waals surface area contributed by atoms with E-state index in [0.29, 0.717) is 5.92 Å². The third kappa shape index (κ3) is 2.09. The van der Waals surface area contributed by atoms with Gasteiger partial charge in [-0.05, 0) is 55.2 Å². The molecule has 0 saturated carbocycles. The van der Waals surface area contributed by atoms with Crippen LogP contribution in [0.25, 0.3) is 0 Å². The van der Waals surface area contributed by atoms with Crippen LogP contribution in [0.2, 0.25) is 0 Å². The van der Waals surface area contributed by atoms with Gasteiger partial charge in [-0.1, -0.05) is 32.0 Å². The Hall–Kier alpha value is -1.29. The molecule has 0 amide bonds. The first kappa shape index (κ1) is 12.2. The fourth-order valence-electron chi connectivity index (χ4n) is 2.58. The van der Waals surface area contributed by atoms with Crippen LogP contribution in [0.15, 0.2) is 18.2 Å². The fraction of sp³-hybridized carbons (Fsp3) is 0.562. The number of fused-ring (bicyclic) bond motifs is 1. The van der Waals surface area contributed by atoms with Crippen molar-refractivity contribution in [1.82, 2.24) is 0 Å². The minimum absolute atomic E-state index is 0.342. The molecule has 0 fully saturated rings. The summed E-state index contributed by atoms with van der Waals surface area (Å²) < 4.78 is 0. The lowest BCUT2D eigenvalue weighted by atomic mass is 9.73. The standard InChI is InChI=1S/C16H21N/c1-12(2)16(3,11-17)15-9-8-13-6-4-5-7-14(13)10-15/h8-10,12H,4-7H2,1-3H3. The van der Waals surface area contributed by atoms with Crippen molar-refractivity contribution in [3.05, 3.63) is 34.9 Å². The van der Waals surface area contributed by atoms with Crippen molar-refractivity contribution in [1.29, 1.82) is 5.26 Å². The van der Waals surface area contributed by atoms with Crippen LogP contribution >= 0.6 is 0 Å². The predicted octanol–water partition coefficient (Wildman–Crippen LogP) is 4.00. The number of benzene rings is 1. The van der Waals surface area contributed by atoms with Crippen molar-refractivity contribution in [2.75, 3.05) is 0 Å². The Labute approximate surface area is 104 Å². The van der Waals surface area contributed by atoms with Crippen LogP contribution < -0.4 is 0 Å². The van der Waals surface area contributed by atoms with Crippen molar-refractivity contribution in [3.63, 3.8) is 0 Å². The van der Waals surface area contributed by atoms with Gasteiger partial charge in [0.05, 0.1) is 11.5 Å². The molecule has 90 valence electrons. The summed E-state index contributed by atoms with van der Waals surface area (Å²) >= 11 is 0. The van der Waals surface area contributed by atoms with Gasteiger partial charge in [0.1, 0.15) is 0 Å². The molecule has 0 saturated heterocycles. The first-order valence-corrected chi connectivity index (χ1v) is 6.61. The number of hydrogen-bond donors (Lipinski definition) is 0. The zero-order chi connectivity index (χ0) is 12.5. The lowest BCUT2D eigenvalue weighted by molar-refractivity contribution is 0.430. The first-order valence-electron chi connectivity index (χ1n) is 6.61. The number of hydrogen-bond acceptors (Lipinski definition) is 1. The Morgan fingerprint density at radius 3 is 2.41 bits per heavy atom. The molecule has 2 rings (SSSR count). The van der Waals surface area contributed by atoms with E-state index < -0.39 is 0 Å². The summed E-state index contributed by atoms with van der Waals surface area (Å²) in [4.78, 5) is 0. The third-order valence-electron chi connectivity index (χ3n) is 4.34. The van der Waals surface area contributed by atoms with Crippen molar-refractivity contribution in [3.8, 4) is 6.07 Å². The Kier molecular flexibility index (Phi) is 3.24. The van der Waals surface area contributed by atoms with Gasteiger partial charge in [0, 0.05) is 0 Å². The first-order chi connectivity index (χ1) is 8.08. The molecule has 17 heavy (non-hydrogen) atoms. The highest BCUT2D eigenvalue weighted by atomic mass is 14.4. The van der Waals surface area contributed by atoms with Crippen molar-refractivity contribution in [2.24, 2.45) is 5.92 Å². The van der Waals surface area contributed by atoms with Gasteiger partial charge in [-0.15, -0.1) is 0 Å². The molecule has 1 aliphatic rings. The molecular formula is C16H21N. The summed E-state index contributed by atoms with van der Waals surface area (Å²) in [5.74, 6) is 0.342. The average Bonchev–Trinajstić information content (AvgIpc) is 2.37. The maximum atomic E-state index is 9.46. The third-order valence-corrected chi connectivity index (χ3v) is 4.34. The number of aryl methyl sites for hydroxylation is 2. The van der Waals surface area contributed by atoms with E-state index in [-0.39, 0.29) is 5.41 Å². The molecule has 1 aliphatic carbocycles. The largest absolute Gasteiger partial charge is 0.197 e. The van der Waals surface area contributed by atoms with E-state index in [9.17, 15) is 5.26 Å². The quantitative estimate of drug-likeness (QED) is 0.749. The highest BCUT2D eigenvalue weighted by Crippen LogP contribution is 2.33. The van der Waals surface area contributed by atoms with E-state index in [4.69, 9.17) is 0 Å². The molecule has 0 radical (unpaired) electrons. The normalized spacial score (nSPS) is 18.3. The fourth-order valence-corrected chi connectivity index (χ4v) is 2.58. The highest BCUT2D eigenvalue weighted by molar-refractivity contribution is 5.40. The maximum absolute atomic E-state index is 9.46. The molecule has 0 aliphatic heterocycles. The van der Waals surface area contributed by atoms with E-state index in [1.807, 2.05) is 0 Å². The van der Waals surface area contributed by atoms with Crippen LogP contribution in [0.3, 0.4) is 0 Å². The summed E-state index contributed by atoms with van der Waals surface area (Å²) in [6, 6.07) is 9.17. The van der Waals surface area contributed by atoms with E-state index in [1.165, 1.54) is 42.4 Å². The molecule has 0 N–H and O–H groups in total. The van der Waals surface area contributed by atoms with Crippen molar-refractivity contribution >= 4 is 0 Å². The van der Waals surface area contributed by atoms with Gasteiger partial charge in [-0.2, -0.15) is 5.26 Å². The predicted molar refractivity (Wildman–Crippen MR) is 70.9 cm³/mol. The molecule has 0 aromatic heterocycles. The zero-order valence-electron chi connectivity index (χ0n) is 11.1. The minimum Gasteiger partial charge on any atom is -0.197 e. The van der Waals surface area contributed by atoms with Crippen molar-refractivity contribution in [2.45, 2.75) is 51.9 Å². The molecule has 1 aromatic carbocycles. The molecule has 1 heteroatoms. The summed E-state index contributed by atoms with van der Waals surface area (Å²) in [5.41, 5.74) is 3.79. The van der Waals surface area contributed by atoms with Gasteiger partial charge in [0.15, 0.2) is 0 Å². The van der Waals surface area contributed by atoms with E-state index >= 15 is 0 Å². The van der Waals surface area contributed by atoms with Gasteiger partial charge in [-0.25, -0.2) is 0 Å². The van der Waals surface area contributed by atoms with Crippen LogP contribution in [0.1, 0.15) is 50.3 Å². The maximum Gasteiger partial charge on any atom is 0.0817 e. The van der Waals surface area contributed by atoms with Gasteiger partial charge in [0.25, 0.3) is 0 Å². The highest BCUT2D eigenvalue weighted by Gasteiger charge is 2.31. The molecular weight excluding hydrogens is 206 g/mol. The second-order valence-electron chi connectivity index (χ2n) is 5.66. The van der Waals surface area contributed by atoms with Crippen LogP contribution in [0, 0.1) is 17.2 Å². The Bertz CT molecular complexity index is 453. The molecule has 0 bridgehead atoms. The number of rotatable bonds is 2. The number of nitrogens with zero attached hydrogens (tertiary/aromatic N) is 1. The monoisotopic (exact) mass is 227 g/mol. The van der Waals surface area contributed by atoms with Crippen LogP contribution in [0.5, 0.6) is 0 Å². The molecule has 1 unspecified atom stereocenters. The van der Waals surface area contributed by atoms with Crippen LogP contribution in [-0.2, 0) is 18.3 Å². The molecule has 1 aromatic rings. The van der Waals surface area contributed by atoms with Gasteiger partial charge in [-0.3, -0.25) is 0 Å². The molecule has 0 spiro atoms. The summed E-state index contributed by atoms with van der Waals surface area (Å²) in [6.45, 7) is 6.31. The second kappa shape index (κ2) is 4.53. The topological polar surface area (TPSA) is 23.8 Å². The zero-order valence-corrected chi connectivity index (χ0v) is 11.1. The van der Waals surface area contributed by atoms with Crippen LogP contribution in [0.4, 0.5) is 0 Å². The van der Waals surface area contributed by atoms with Gasteiger partial charge in [0.2, 0.25) is 0 Å². The molecule has 1 atom stereocenters. The van der Waals surface area contributed by atoms with E-state index in [1.54, 1.807) is 0 Å². The summed E-state index contributed by atoms with van der Waals surface area (Å²) in [5, 5.41) is 9.46. The minimum atomic E-state index is -0.355. The lowest BCUT2D eigenvalue weighted by Crippen LogP contribution is -2.27. The summed E-state index contributed by atoms with van der Waals surface area (Å²) in [6.07, 6.45) is 5.00. The van der Waals surface area contributed by atoms with Gasteiger partial charge < -0.3 is 0 Å². The van der Waals surface area contributed by atoms with E-state index in [2.05, 4.69) is 45.0 Å². The van der Waals surface area contributed by atoms with Crippen LogP contribution in [-0.4, -0.2) is 0 Å². The Morgan fingerprint density at radius 2 is 1.82 bits per heavy atom. The van der Waals surface area contributed by atoms with Crippen molar-refractivity contribution < 1.29 is 0 Å². The number of nitriles is 1. The molecule has 0 heterocycles. The second-order valence-corrected chi connectivity index (χ2v) is 5.66. The SMILES string of the molecule is CC(C)C(C)(C#N)c1ccc2c(c1)CCCC2. The van der Waals surface area contributed by atoms with E-state index in [0.717, 1.165) is 0 Å². The Morgan fingerprint density at radius 1 is 1.18 bits per heavy atom. The average molecular weight is 227 g/mol. The Balaban J connectivity index is 2.43. The lowest BCUT2D eigenvalue weighted by Gasteiger charge is -2.28. The molecule has 1 nitrogen and oxygen atoms in total. The smallest absolute Gasteiger partial charge is 0.0817 e. The summed E-state index contributed by atoms with van der Waals surface area (Å²) in [7, 11) is 0.